The predicted octanol–water partition coefficient (Wildman–Crippen LogP) is 3.57. The number of carbonyl (C=O) groups is 2. The highest BCUT2D eigenvalue weighted by atomic mass is 35.5. The van der Waals surface area contributed by atoms with Gasteiger partial charge in [0.15, 0.2) is 23.9 Å². The molecular formula is C18H15Cl2NO6. The van der Waals surface area contributed by atoms with Crippen molar-refractivity contribution in [1.82, 2.24) is 0 Å². The molecular weight excluding hydrogens is 397 g/mol. The lowest BCUT2D eigenvalue weighted by molar-refractivity contribution is -0.119. The summed E-state index contributed by atoms with van der Waals surface area (Å²) in [4.78, 5) is 24.1. The number of methoxy groups -OCH3 is 1. The lowest BCUT2D eigenvalue weighted by atomic mass is 10.2. The van der Waals surface area contributed by atoms with Crippen molar-refractivity contribution in [2.45, 2.75) is 0 Å². The lowest BCUT2D eigenvalue weighted by Crippen LogP contribution is -2.21. The van der Waals surface area contributed by atoms with Crippen molar-refractivity contribution >= 4 is 40.8 Å². The maximum atomic E-state index is 12.1. The van der Waals surface area contributed by atoms with Crippen molar-refractivity contribution in [1.29, 1.82) is 0 Å². The maximum absolute atomic E-state index is 12.1. The second kappa shape index (κ2) is 8.37. The van der Waals surface area contributed by atoms with Gasteiger partial charge in [-0.05, 0) is 24.3 Å². The first kappa shape index (κ1) is 19.1. The van der Waals surface area contributed by atoms with E-state index in [1.807, 2.05) is 0 Å². The first-order valence-electron chi connectivity index (χ1n) is 7.87. The van der Waals surface area contributed by atoms with Gasteiger partial charge in [0, 0.05) is 11.8 Å². The summed E-state index contributed by atoms with van der Waals surface area (Å²) in [5.74, 6) is 0.160. The molecule has 0 fully saturated rings. The quantitative estimate of drug-likeness (QED) is 0.757. The van der Waals surface area contributed by atoms with Crippen molar-refractivity contribution in [3.8, 4) is 17.2 Å². The fourth-order valence-corrected chi connectivity index (χ4v) is 3.05. The second-order valence-electron chi connectivity index (χ2n) is 5.46. The Balaban J connectivity index is 1.58. The highest BCUT2D eigenvalue weighted by Crippen LogP contribution is 2.34. The van der Waals surface area contributed by atoms with Crippen LogP contribution in [0.25, 0.3) is 0 Å². The Hall–Kier alpha value is -2.64. The molecule has 0 radical (unpaired) electrons. The molecule has 0 unspecified atom stereocenters. The van der Waals surface area contributed by atoms with Crippen LogP contribution in [0.2, 0.25) is 10.0 Å². The molecule has 0 saturated carbocycles. The van der Waals surface area contributed by atoms with Crippen LogP contribution < -0.4 is 19.5 Å². The number of benzene rings is 2. The Bertz CT molecular complexity index is 863. The van der Waals surface area contributed by atoms with Crippen LogP contribution in [0.5, 0.6) is 17.2 Å². The average Bonchev–Trinajstić information content (AvgIpc) is 2.65. The van der Waals surface area contributed by atoms with Gasteiger partial charge in [-0.2, -0.15) is 0 Å². The molecule has 1 amide bonds. The zero-order valence-corrected chi connectivity index (χ0v) is 15.7. The third-order valence-corrected chi connectivity index (χ3v) is 4.16. The van der Waals surface area contributed by atoms with Crippen LogP contribution in [0, 0.1) is 0 Å². The van der Waals surface area contributed by atoms with E-state index in [2.05, 4.69) is 5.32 Å². The number of hydrogen-bond acceptors (Lipinski definition) is 6. The summed E-state index contributed by atoms with van der Waals surface area (Å²) in [5, 5.41) is 2.95. The van der Waals surface area contributed by atoms with Gasteiger partial charge < -0.3 is 24.3 Å². The monoisotopic (exact) mass is 411 g/mol. The molecule has 2 aromatic carbocycles. The number of nitrogens with one attached hydrogen (secondary N) is 1. The number of hydrogen-bond donors (Lipinski definition) is 1. The van der Waals surface area contributed by atoms with Gasteiger partial charge in [-0.3, -0.25) is 4.79 Å². The van der Waals surface area contributed by atoms with Gasteiger partial charge in [0.05, 0.1) is 22.7 Å². The van der Waals surface area contributed by atoms with Gasteiger partial charge in [-0.1, -0.05) is 23.2 Å². The molecule has 0 spiro atoms. The molecule has 9 heteroatoms. The Labute approximate surface area is 165 Å². The van der Waals surface area contributed by atoms with E-state index in [0.717, 1.165) is 0 Å². The van der Waals surface area contributed by atoms with Crippen LogP contribution in [0.3, 0.4) is 0 Å². The van der Waals surface area contributed by atoms with Gasteiger partial charge in [0.2, 0.25) is 0 Å². The summed E-state index contributed by atoms with van der Waals surface area (Å²) in [6.45, 7) is 0.442. The summed E-state index contributed by atoms with van der Waals surface area (Å²) >= 11 is 12.0. The van der Waals surface area contributed by atoms with Crippen molar-refractivity contribution in [3.05, 3.63) is 45.9 Å². The third-order valence-electron chi connectivity index (χ3n) is 3.60. The maximum Gasteiger partial charge on any atom is 0.338 e. The topological polar surface area (TPSA) is 83.1 Å². The molecule has 0 aromatic heterocycles. The molecule has 3 rings (SSSR count). The van der Waals surface area contributed by atoms with Crippen molar-refractivity contribution in [2.24, 2.45) is 0 Å². The second-order valence-corrected chi connectivity index (χ2v) is 6.27. The Morgan fingerprint density at radius 3 is 2.41 bits per heavy atom. The Kier molecular flexibility index (Phi) is 5.93. The van der Waals surface area contributed by atoms with E-state index in [1.165, 1.54) is 19.2 Å². The van der Waals surface area contributed by atoms with E-state index < -0.39 is 18.5 Å². The van der Waals surface area contributed by atoms with Crippen molar-refractivity contribution in [2.75, 3.05) is 32.2 Å². The number of ether oxygens (including phenoxy) is 4. The van der Waals surface area contributed by atoms with Crippen LogP contribution in [0.1, 0.15) is 10.4 Å². The summed E-state index contributed by atoms with van der Waals surface area (Å²) in [7, 11) is 1.41. The van der Waals surface area contributed by atoms with E-state index in [9.17, 15) is 9.59 Å². The third kappa shape index (κ3) is 4.56. The normalized spacial score (nSPS) is 12.3. The number of esters is 1. The molecule has 1 N–H and O–H groups in total. The fraction of sp³-hybridized carbons (Fsp3) is 0.222. The largest absolute Gasteiger partial charge is 0.494 e. The minimum atomic E-state index is -0.737. The molecule has 0 atom stereocenters. The molecule has 27 heavy (non-hydrogen) atoms. The van der Waals surface area contributed by atoms with Gasteiger partial charge >= 0.3 is 5.97 Å². The smallest absolute Gasteiger partial charge is 0.338 e. The number of rotatable bonds is 5. The van der Waals surface area contributed by atoms with Crippen LogP contribution in [0.15, 0.2) is 30.3 Å². The number of fused-ring (bicyclic) bond motifs is 1. The highest BCUT2D eigenvalue weighted by Gasteiger charge is 2.17. The van der Waals surface area contributed by atoms with Crippen molar-refractivity contribution < 1.29 is 28.5 Å². The molecule has 0 bridgehead atoms. The van der Waals surface area contributed by atoms with E-state index in [-0.39, 0.29) is 21.4 Å². The zero-order valence-electron chi connectivity index (χ0n) is 14.2. The minimum absolute atomic E-state index is 0.109. The molecule has 1 aliphatic heterocycles. The number of halogens is 2. The first-order chi connectivity index (χ1) is 13.0. The molecule has 1 aliphatic rings. The Morgan fingerprint density at radius 2 is 1.74 bits per heavy atom. The minimum Gasteiger partial charge on any atom is -0.494 e. The summed E-state index contributed by atoms with van der Waals surface area (Å²) in [5.41, 5.74) is 0.605. The van der Waals surface area contributed by atoms with E-state index in [4.69, 9.17) is 42.1 Å². The SMILES string of the molecule is COc1c(Cl)cc(C(=O)OCC(=O)Nc2ccc3c(c2)OCCO3)cc1Cl. The fourth-order valence-electron chi connectivity index (χ4n) is 2.41. The molecule has 1 heterocycles. The highest BCUT2D eigenvalue weighted by molar-refractivity contribution is 6.37. The van der Waals surface area contributed by atoms with Gasteiger partial charge in [-0.15, -0.1) is 0 Å². The summed E-state index contributed by atoms with van der Waals surface area (Å²) < 4.78 is 20.9. The van der Waals surface area contributed by atoms with Crippen LogP contribution >= 0.6 is 23.2 Å². The van der Waals surface area contributed by atoms with E-state index >= 15 is 0 Å². The summed E-state index contributed by atoms with van der Waals surface area (Å²) in [6, 6.07) is 7.70. The van der Waals surface area contributed by atoms with Crippen LogP contribution in [-0.4, -0.2) is 38.8 Å². The average molecular weight is 412 g/mol. The molecule has 142 valence electrons. The summed E-state index contributed by atoms with van der Waals surface area (Å²) in [6.07, 6.45) is 0. The predicted molar refractivity (Wildman–Crippen MR) is 99.4 cm³/mol. The molecule has 7 nitrogen and oxygen atoms in total. The number of carbonyl (C=O) groups excluding carboxylic acids is 2. The molecule has 0 aliphatic carbocycles. The zero-order chi connectivity index (χ0) is 19.4. The Morgan fingerprint density at radius 1 is 1.07 bits per heavy atom. The van der Waals surface area contributed by atoms with Gasteiger partial charge in [0.1, 0.15) is 13.2 Å². The van der Waals surface area contributed by atoms with Crippen LogP contribution in [0.4, 0.5) is 5.69 Å². The van der Waals surface area contributed by atoms with Crippen LogP contribution in [-0.2, 0) is 9.53 Å². The van der Waals surface area contributed by atoms with Gasteiger partial charge in [0.25, 0.3) is 5.91 Å². The number of anilines is 1. The van der Waals surface area contributed by atoms with E-state index in [1.54, 1.807) is 18.2 Å². The van der Waals surface area contributed by atoms with Gasteiger partial charge in [-0.25, -0.2) is 4.79 Å². The standard InChI is InChI=1S/C18H15Cl2NO6/c1-24-17-12(19)6-10(7-13(17)20)18(23)27-9-16(22)21-11-2-3-14-15(8-11)26-5-4-25-14/h2-3,6-8H,4-5,9H2,1H3,(H,21,22). The number of amides is 1. The molecule has 2 aromatic rings. The first-order valence-corrected chi connectivity index (χ1v) is 8.63. The van der Waals surface area contributed by atoms with Crippen molar-refractivity contribution in [3.63, 3.8) is 0 Å². The van der Waals surface area contributed by atoms with E-state index in [0.29, 0.717) is 30.4 Å². The molecule has 0 saturated heterocycles. The lowest BCUT2D eigenvalue weighted by Gasteiger charge is -2.19.